The molecule has 0 heterocycles. The SMILES string of the molecule is CC(C)C(=O)O.OCc1ccccc1. The van der Waals surface area contributed by atoms with Crippen molar-refractivity contribution in [1.29, 1.82) is 0 Å². The summed E-state index contributed by atoms with van der Waals surface area (Å²) in [6.45, 7) is 3.42. The molecule has 0 radical (unpaired) electrons. The van der Waals surface area contributed by atoms with Crippen LogP contribution in [0, 0.1) is 5.92 Å². The Morgan fingerprint density at radius 1 is 1.29 bits per heavy atom. The number of aliphatic hydroxyl groups excluding tert-OH is 1. The topological polar surface area (TPSA) is 57.5 Å². The second-order valence-corrected chi connectivity index (χ2v) is 3.14. The van der Waals surface area contributed by atoms with Crippen LogP contribution >= 0.6 is 0 Å². The maximum absolute atomic E-state index is 9.70. The van der Waals surface area contributed by atoms with Gasteiger partial charge in [0.15, 0.2) is 0 Å². The molecule has 3 nitrogen and oxygen atoms in total. The van der Waals surface area contributed by atoms with E-state index in [0.717, 1.165) is 5.56 Å². The Kier molecular flexibility index (Phi) is 6.41. The zero-order chi connectivity index (χ0) is 11.0. The lowest BCUT2D eigenvalue weighted by molar-refractivity contribution is -0.140. The fraction of sp³-hybridized carbons (Fsp3) is 0.364. The molecule has 0 aliphatic rings. The molecule has 0 fully saturated rings. The second kappa shape index (κ2) is 7.09. The molecule has 0 unspecified atom stereocenters. The molecular weight excluding hydrogens is 180 g/mol. The average molecular weight is 196 g/mol. The van der Waals surface area contributed by atoms with Crippen LogP contribution in [0.2, 0.25) is 0 Å². The van der Waals surface area contributed by atoms with Gasteiger partial charge in [-0.05, 0) is 5.56 Å². The smallest absolute Gasteiger partial charge is 0.305 e. The van der Waals surface area contributed by atoms with Crippen molar-refractivity contribution in [2.45, 2.75) is 20.5 Å². The maximum atomic E-state index is 9.70. The highest BCUT2D eigenvalue weighted by atomic mass is 16.4. The van der Waals surface area contributed by atoms with Crippen LogP contribution in [0.5, 0.6) is 0 Å². The van der Waals surface area contributed by atoms with E-state index in [4.69, 9.17) is 10.2 Å². The van der Waals surface area contributed by atoms with E-state index in [1.54, 1.807) is 13.8 Å². The molecule has 0 aliphatic carbocycles. The minimum Gasteiger partial charge on any atom is -0.481 e. The van der Waals surface area contributed by atoms with Crippen molar-refractivity contribution in [3.05, 3.63) is 35.9 Å². The van der Waals surface area contributed by atoms with Gasteiger partial charge in [0.1, 0.15) is 0 Å². The number of aliphatic hydroxyl groups is 1. The largest absolute Gasteiger partial charge is 0.481 e. The molecule has 78 valence electrons. The third-order valence-corrected chi connectivity index (χ3v) is 1.52. The molecule has 0 aliphatic heterocycles. The van der Waals surface area contributed by atoms with Crippen molar-refractivity contribution in [1.82, 2.24) is 0 Å². The van der Waals surface area contributed by atoms with E-state index < -0.39 is 5.97 Å². The lowest BCUT2D eigenvalue weighted by Gasteiger charge is -1.89. The third kappa shape index (κ3) is 6.20. The molecule has 2 N–H and O–H groups in total. The van der Waals surface area contributed by atoms with Gasteiger partial charge in [0.05, 0.1) is 12.5 Å². The normalized spacial score (nSPS) is 9.14. The Morgan fingerprint density at radius 2 is 1.71 bits per heavy atom. The molecule has 0 bridgehead atoms. The summed E-state index contributed by atoms with van der Waals surface area (Å²) in [5.41, 5.74) is 0.965. The van der Waals surface area contributed by atoms with E-state index >= 15 is 0 Å². The van der Waals surface area contributed by atoms with Crippen LogP contribution in [0.15, 0.2) is 30.3 Å². The van der Waals surface area contributed by atoms with Gasteiger partial charge in [0.25, 0.3) is 0 Å². The number of hydrogen-bond donors (Lipinski definition) is 2. The number of carbonyl (C=O) groups is 1. The maximum Gasteiger partial charge on any atom is 0.305 e. The minimum atomic E-state index is -0.741. The van der Waals surface area contributed by atoms with Gasteiger partial charge >= 0.3 is 5.97 Å². The first-order chi connectivity index (χ1) is 6.57. The lowest BCUT2D eigenvalue weighted by atomic mass is 10.2. The van der Waals surface area contributed by atoms with Gasteiger partial charge in [-0.25, -0.2) is 0 Å². The predicted octanol–water partition coefficient (Wildman–Crippen LogP) is 1.91. The lowest BCUT2D eigenvalue weighted by Crippen LogP contribution is -2.03. The molecule has 1 rings (SSSR count). The van der Waals surface area contributed by atoms with Crippen molar-refractivity contribution in [2.75, 3.05) is 0 Å². The summed E-state index contributed by atoms with van der Waals surface area (Å²) >= 11 is 0. The fourth-order valence-corrected chi connectivity index (χ4v) is 0.583. The van der Waals surface area contributed by atoms with Crippen LogP contribution in [0.25, 0.3) is 0 Å². The summed E-state index contributed by atoms with van der Waals surface area (Å²) in [4.78, 5) is 9.70. The van der Waals surface area contributed by atoms with E-state index in [1.807, 2.05) is 30.3 Å². The molecule has 0 aromatic heterocycles. The second-order valence-electron chi connectivity index (χ2n) is 3.14. The molecule has 0 amide bonds. The fourth-order valence-electron chi connectivity index (χ4n) is 0.583. The Morgan fingerprint density at radius 3 is 1.93 bits per heavy atom. The van der Waals surface area contributed by atoms with Gasteiger partial charge in [0, 0.05) is 0 Å². The first-order valence-electron chi connectivity index (χ1n) is 4.45. The first-order valence-corrected chi connectivity index (χ1v) is 4.45. The van der Waals surface area contributed by atoms with Gasteiger partial charge in [-0.1, -0.05) is 44.2 Å². The Balaban J connectivity index is 0.000000255. The van der Waals surface area contributed by atoms with E-state index in [-0.39, 0.29) is 12.5 Å². The van der Waals surface area contributed by atoms with Crippen LogP contribution in [0.4, 0.5) is 0 Å². The van der Waals surface area contributed by atoms with Crippen LogP contribution in [-0.2, 0) is 11.4 Å². The first kappa shape index (κ1) is 12.7. The summed E-state index contributed by atoms with van der Waals surface area (Å²) in [6.07, 6.45) is 0. The Hall–Kier alpha value is -1.35. The average Bonchev–Trinajstić information content (AvgIpc) is 2.20. The van der Waals surface area contributed by atoms with Gasteiger partial charge < -0.3 is 10.2 Å². The standard InChI is InChI=1S/C7H8O.C4H8O2/c8-6-7-4-2-1-3-5-7;1-3(2)4(5)6/h1-5,8H,6H2;3H,1-2H3,(H,5,6). The number of carboxylic acids is 1. The number of benzene rings is 1. The highest BCUT2D eigenvalue weighted by Crippen LogP contribution is 1.95. The molecule has 0 atom stereocenters. The van der Waals surface area contributed by atoms with E-state index in [0.29, 0.717) is 0 Å². The molecule has 0 spiro atoms. The zero-order valence-electron chi connectivity index (χ0n) is 8.47. The van der Waals surface area contributed by atoms with Crippen molar-refractivity contribution < 1.29 is 15.0 Å². The number of rotatable bonds is 2. The highest BCUT2D eigenvalue weighted by molar-refractivity contribution is 5.68. The third-order valence-electron chi connectivity index (χ3n) is 1.52. The van der Waals surface area contributed by atoms with Crippen molar-refractivity contribution in [2.24, 2.45) is 5.92 Å². The van der Waals surface area contributed by atoms with Gasteiger partial charge in [-0.3, -0.25) is 4.79 Å². The van der Waals surface area contributed by atoms with Crippen LogP contribution in [0.1, 0.15) is 19.4 Å². The predicted molar refractivity (Wildman–Crippen MR) is 54.8 cm³/mol. The quantitative estimate of drug-likeness (QED) is 0.759. The summed E-state index contributed by atoms with van der Waals surface area (Å²) in [5.74, 6) is -0.972. The van der Waals surface area contributed by atoms with E-state index in [9.17, 15) is 4.79 Å². The molecule has 0 saturated heterocycles. The highest BCUT2D eigenvalue weighted by Gasteiger charge is 1.99. The van der Waals surface area contributed by atoms with Gasteiger partial charge in [-0.2, -0.15) is 0 Å². The Labute approximate surface area is 84.0 Å². The summed E-state index contributed by atoms with van der Waals surface area (Å²) < 4.78 is 0. The van der Waals surface area contributed by atoms with Crippen molar-refractivity contribution in [3.8, 4) is 0 Å². The molecule has 1 aromatic carbocycles. The van der Waals surface area contributed by atoms with E-state index in [2.05, 4.69) is 0 Å². The van der Waals surface area contributed by atoms with Gasteiger partial charge in [0.2, 0.25) is 0 Å². The van der Waals surface area contributed by atoms with Crippen molar-refractivity contribution in [3.63, 3.8) is 0 Å². The van der Waals surface area contributed by atoms with E-state index in [1.165, 1.54) is 0 Å². The monoisotopic (exact) mass is 196 g/mol. The molecule has 0 saturated carbocycles. The molecule has 14 heavy (non-hydrogen) atoms. The van der Waals surface area contributed by atoms with Crippen LogP contribution in [-0.4, -0.2) is 16.2 Å². The zero-order valence-corrected chi connectivity index (χ0v) is 8.47. The number of aliphatic carboxylic acids is 1. The molecular formula is C11H16O3. The summed E-state index contributed by atoms with van der Waals surface area (Å²) in [6, 6.07) is 9.52. The minimum absolute atomic E-state index is 0.140. The number of hydrogen-bond acceptors (Lipinski definition) is 2. The summed E-state index contributed by atoms with van der Waals surface area (Å²) in [5, 5.41) is 16.5. The van der Waals surface area contributed by atoms with Crippen molar-refractivity contribution >= 4 is 5.97 Å². The summed E-state index contributed by atoms with van der Waals surface area (Å²) in [7, 11) is 0. The number of carboxylic acid groups (broad SMARTS) is 1. The van der Waals surface area contributed by atoms with Gasteiger partial charge in [-0.15, -0.1) is 0 Å². The van der Waals surface area contributed by atoms with Crippen LogP contribution in [0.3, 0.4) is 0 Å². The Bertz CT molecular complexity index is 254. The molecule has 3 heteroatoms. The molecule has 1 aromatic rings. The van der Waals surface area contributed by atoms with Crippen LogP contribution < -0.4 is 0 Å².